The Kier molecular flexibility index (Phi) is 4.55. The Labute approximate surface area is 98.1 Å². The number of esters is 1. The average molecular weight is 247 g/mol. The highest BCUT2D eigenvalue weighted by atomic mass is 35.5. The number of benzene rings is 1. The summed E-state index contributed by atoms with van der Waals surface area (Å²) in [5, 5.41) is 0. The first-order valence-electron chi connectivity index (χ1n) is 4.60. The summed E-state index contributed by atoms with van der Waals surface area (Å²) < 4.78 is 22.8. The Morgan fingerprint density at radius 1 is 1.38 bits per heavy atom. The number of methoxy groups -OCH3 is 2. The summed E-state index contributed by atoms with van der Waals surface area (Å²) in [6, 6.07) is 2.53. The second-order valence-electron chi connectivity index (χ2n) is 3.14. The SMILES string of the molecule is COC(=O)Cc1cc(F)cc(CCl)c1OC. The van der Waals surface area contributed by atoms with Crippen molar-refractivity contribution in [3.05, 3.63) is 29.1 Å². The molecule has 0 saturated carbocycles. The van der Waals surface area contributed by atoms with Crippen molar-refractivity contribution < 1.29 is 18.7 Å². The van der Waals surface area contributed by atoms with Crippen LogP contribution < -0.4 is 4.74 Å². The fourth-order valence-corrected chi connectivity index (χ4v) is 1.63. The van der Waals surface area contributed by atoms with Crippen LogP contribution in [0.2, 0.25) is 0 Å². The molecule has 0 aliphatic carbocycles. The van der Waals surface area contributed by atoms with Gasteiger partial charge in [-0.15, -0.1) is 11.6 Å². The Bertz CT molecular complexity index is 393. The number of alkyl halides is 1. The third-order valence-corrected chi connectivity index (χ3v) is 2.41. The molecule has 16 heavy (non-hydrogen) atoms. The van der Waals surface area contributed by atoms with Crippen LogP contribution >= 0.6 is 11.6 Å². The van der Waals surface area contributed by atoms with Crippen LogP contribution in [0.25, 0.3) is 0 Å². The molecule has 1 rings (SSSR count). The van der Waals surface area contributed by atoms with Crippen LogP contribution in [0, 0.1) is 5.82 Å². The fourth-order valence-electron chi connectivity index (χ4n) is 1.43. The van der Waals surface area contributed by atoms with Crippen molar-refractivity contribution in [1.29, 1.82) is 0 Å². The largest absolute Gasteiger partial charge is 0.496 e. The van der Waals surface area contributed by atoms with Gasteiger partial charge in [0.25, 0.3) is 0 Å². The van der Waals surface area contributed by atoms with E-state index in [-0.39, 0.29) is 12.3 Å². The number of hydrogen-bond acceptors (Lipinski definition) is 3. The lowest BCUT2D eigenvalue weighted by Gasteiger charge is -2.11. The molecule has 0 fully saturated rings. The van der Waals surface area contributed by atoms with E-state index in [1.807, 2.05) is 0 Å². The van der Waals surface area contributed by atoms with Gasteiger partial charge < -0.3 is 9.47 Å². The first kappa shape index (κ1) is 12.8. The molecule has 0 atom stereocenters. The monoisotopic (exact) mass is 246 g/mol. The van der Waals surface area contributed by atoms with Crippen LogP contribution in [0.5, 0.6) is 5.75 Å². The van der Waals surface area contributed by atoms with Crippen molar-refractivity contribution in [2.75, 3.05) is 14.2 Å². The molecule has 3 nitrogen and oxygen atoms in total. The minimum Gasteiger partial charge on any atom is -0.496 e. The van der Waals surface area contributed by atoms with Gasteiger partial charge in [-0.2, -0.15) is 0 Å². The lowest BCUT2D eigenvalue weighted by atomic mass is 10.1. The molecule has 0 aromatic heterocycles. The van der Waals surface area contributed by atoms with E-state index in [9.17, 15) is 9.18 Å². The van der Waals surface area contributed by atoms with E-state index in [0.29, 0.717) is 16.9 Å². The summed E-state index contributed by atoms with van der Waals surface area (Å²) >= 11 is 5.66. The van der Waals surface area contributed by atoms with E-state index in [1.54, 1.807) is 0 Å². The molecule has 0 radical (unpaired) electrons. The summed E-state index contributed by atoms with van der Waals surface area (Å²) in [7, 11) is 2.72. The van der Waals surface area contributed by atoms with E-state index < -0.39 is 11.8 Å². The highest BCUT2D eigenvalue weighted by molar-refractivity contribution is 6.17. The topological polar surface area (TPSA) is 35.5 Å². The molecule has 0 bridgehead atoms. The maximum Gasteiger partial charge on any atom is 0.310 e. The van der Waals surface area contributed by atoms with Crippen molar-refractivity contribution in [1.82, 2.24) is 0 Å². The minimum atomic E-state index is -0.454. The Hall–Kier alpha value is -1.29. The summed E-state index contributed by atoms with van der Waals surface area (Å²) in [5.74, 6) is -0.351. The number of carbonyl (C=O) groups excluding carboxylic acids is 1. The van der Waals surface area contributed by atoms with Crippen molar-refractivity contribution >= 4 is 17.6 Å². The number of carbonyl (C=O) groups is 1. The van der Waals surface area contributed by atoms with E-state index >= 15 is 0 Å². The van der Waals surface area contributed by atoms with Crippen molar-refractivity contribution in [2.24, 2.45) is 0 Å². The van der Waals surface area contributed by atoms with Crippen LogP contribution in [-0.4, -0.2) is 20.2 Å². The number of ether oxygens (including phenoxy) is 2. The van der Waals surface area contributed by atoms with Gasteiger partial charge in [0, 0.05) is 11.1 Å². The molecule has 0 spiro atoms. The predicted octanol–water partition coefficient (Wildman–Crippen LogP) is 2.29. The lowest BCUT2D eigenvalue weighted by Crippen LogP contribution is -2.07. The summed E-state index contributed by atoms with van der Waals surface area (Å²) in [4.78, 5) is 11.1. The van der Waals surface area contributed by atoms with Gasteiger partial charge >= 0.3 is 5.97 Å². The molecule has 1 aromatic rings. The van der Waals surface area contributed by atoms with Gasteiger partial charge in [-0.05, 0) is 12.1 Å². The van der Waals surface area contributed by atoms with Gasteiger partial charge in [0.2, 0.25) is 0 Å². The molecule has 0 aliphatic rings. The van der Waals surface area contributed by atoms with Crippen molar-refractivity contribution in [3.8, 4) is 5.75 Å². The lowest BCUT2D eigenvalue weighted by molar-refractivity contribution is -0.139. The number of halogens is 2. The van der Waals surface area contributed by atoms with Crippen molar-refractivity contribution in [3.63, 3.8) is 0 Å². The Morgan fingerprint density at radius 3 is 2.50 bits per heavy atom. The van der Waals surface area contributed by atoms with E-state index in [4.69, 9.17) is 16.3 Å². The molecule has 88 valence electrons. The second-order valence-corrected chi connectivity index (χ2v) is 3.41. The second kappa shape index (κ2) is 5.70. The molecule has 0 aliphatic heterocycles. The number of hydrogen-bond donors (Lipinski definition) is 0. The van der Waals surface area contributed by atoms with E-state index in [0.717, 1.165) is 0 Å². The van der Waals surface area contributed by atoms with Gasteiger partial charge in [-0.3, -0.25) is 4.79 Å². The fraction of sp³-hybridized carbons (Fsp3) is 0.364. The van der Waals surface area contributed by atoms with E-state index in [1.165, 1.54) is 26.4 Å². The third-order valence-electron chi connectivity index (χ3n) is 2.12. The molecule has 0 N–H and O–H groups in total. The molecule has 0 amide bonds. The zero-order valence-electron chi connectivity index (χ0n) is 9.05. The zero-order chi connectivity index (χ0) is 12.1. The van der Waals surface area contributed by atoms with Crippen LogP contribution in [0.4, 0.5) is 4.39 Å². The highest BCUT2D eigenvalue weighted by Gasteiger charge is 2.14. The zero-order valence-corrected chi connectivity index (χ0v) is 9.81. The predicted molar refractivity (Wildman–Crippen MR) is 58.2 cm³/mol. The maximum absolute atomic E-state index is 13.2. The first-order valence-corrected chi connectivity index (χ1v) is 5.13. The average Bonchev–Trinajstić information content (AvgIpc) is 2.28. The Morgan fingerprint density at radius 2 is 2.00 bits per heavy atom. The van der Waals surface area contributed by atoms with Crippen LogP contribution in [-0.2, 0) is 21.8 Å². The van der Waals surface area contributed by atoms with Crippen LogP contribution in [0.15, 0.2) is 12.1 Å². The van der Waals surface area contributed by atoms with E-state index in [2.05, 4.69) is 4.74 Å². The molecule has 1 aromatic carbocycles. The molecule has 0 heterocycles. The summed E-state index contributed by atoms with van der Waals surface area (Å²) in [6.07, 6.45) is -0.0404. The van der Waals surface area contributed by atoms with Gasteiger partial charge in [-0.1, -0.05) is 0 Å². The van der Waals surface area contributed by atoms with Gasteiger partial charge in [-0.25, -0.2) is 4.39 Å². The smallest absolute Gasteiger partial charge is 0.310 e. The van der Waals surface area contributed by atoms with Gasteiger partial charge in [0.05, 0.1) is 26.5 Å². The van der Waals surface area contributed by atoms with Gasteiger partial charge in [0.1, 0.15) is 11.6 Å². The third kappa shape index (κ3) is 2.85. The maximum atomic E-state index is 13.2. The highest BCUT2D eigenvalue weighted by Crippen LogP contribution is 2.27. The molecular formula is C11H12ClFO3. The van der Waals surface area contributed by atoms with Crippen molar-refractivity contribution in [2.45, 2.75) is 12.3 Å². The summed E-state index contributed by atoms with van der Waals surface area (Å²) in [6.45, 7) is 0. The Balaban J connectivity index is 3.14. The van der Waals surface area contributed by atoms with Crippen LogP contribution in [0.1, 0.15) is 11.1 Å². The molecule has 5 heteroatoms. The number of rotatable bonds is 4. The standard InChI is InChI=1S/C11H12ClFO3/c1-15-10(14)5-7-3-9(13)4-8(6-12)11(7)16-2/h3-4H,5-6H2,1-2H3. The first-order chi connectivity index (χ1) is 7.62. The summed E-state index contributed by atoms with van der Waals surface area (Å²) in [5.41, 5.74) is 0.952. The van der Waals surface area contributed by atoms with Crippen LogP contribution in [0.3, 0.4) is 0 Å². The molecule has 0 saturated heterocycles. The normalized spacial score (nSPS) is 10.0. The van der Waals surface area contributed by atoms with Gasteiger partial charge in [0.15, 0.2) is 0 Å². The molecular weight excluding hydrogens is 235 g/mol. The minimum absolute atomic E-state index is 0.0404. The quantitative estimate of drug-likeness (QED) is 0.604. The molecule has 0 unspecified atom stereocenters.